The minimum atomic E-state index is 0.133. The Morgan fingerprint density at radius 3 is 2.62 bits per heavy atom. The van der Waals surface area contributed by atoms with Crippen molar-refractivity contribution in [2.45, 2.75) is 19.8 Å². The summed E-state index contributed by atoms with van der Waals surface area (Å²) in [6.07, 6.45) is 1.13. The van der Waals surface area contributed by atoms with Crippen LogP contribution < -0.4 is 0 Å². The lowest BCUT2D eigenvalue weighted by molar-refractivity contribution is -0.129. The van der Waals surface area contributed by atoms with Crippen LogP contribution in [0, 0.1) is 0 Å². The molecule has 0 saturated carbocycles. The van der Waals surface area contributed by atoms with Crippen LogP contribution in [0.1, 0.15) is 18.9 Å². The second-order valence-corrected chi connectivity index (χ2v) is 4.49. The summed E-state index contributed by atoms with van der Waals surface area (Å²) >= 11 is 11.8. The minimum Gasteiger partial charge on any atom is -0.346 e. The summed E-state index contributed by atoms with van der Waals surface area (Å²) in [5, 5.41) is 1.24. The van der Waals surface area contributed by atoms with Crippen molar-refractivity contribution in [3.05, 3.63) is 33.8 Å². The molecule has 0 aromatic heterocycles. The maximum Gasteiger partial charge on any atom is 0.222 e. The molecule has 0 N–H and O–H groups in total. The van der Waals surface area contributed by atoms with Crippen LogP contribution in [0.3, 0.4) is 0 Å². The molecule has 1 aromatic carbocycles. The Balaban J connectivity index is 2.58. The molecule has 0 saturated heterocycles. The first-order valence-corrected chi connectivity index (χ1v) is 5.98. The molecule has 0 fully saturated rings. The molecule has 0 spiro atoms. The fourth-order valence-corrected chi connectivity index (χ4v) is 1.84. The molecule has 88 valence electrons. The number of carbonyl (C=O) groups is 1. The smallest absolute Gasteiger partial charge is 0.222 e. The molecule has 0 aliphatic carbocycles. The van der Waals surface area contributed by atoms with Crippen LogP contribution in [0.5, 0.6) is 0 Å². The molecule has 1 rings (SSSR count). The van der Waals surface area contributed by atoms with E-state index in [2.05, 4.69) is 0 Å². The lowest BCUT2D eigenvalue weighted by atomic mass is 10.1. The lowest BCUT2D eigenvalue weighted by Gasteiger charge is -2.14. The van der Waals surface area contributed by atoms with Gasteiger partial charge in [0, 0.05) is 30.1 Å². The van der Waals surface area contributed by atoms with E-state index in [1.165, 1.54) is 0 Å². The van der Waals surface area contributed by atoms with Crippen LogP contribution in [0.15, 0.2) is 18.2 Å². The van der Waals surface area contributed by atoms with Crippen molar-refractivity contribution in [2.75, 3.05) is 13.6 Å². The van der Waals surface area contributed by atoms with E-state index in [4.69, 9.17) is 23.2 Å². The summed E-state index contributed by atoms with van der Waals surface area (Å²) in [7, 11) is 1.80. The second kappa shape index (κ2) is 6.12. The van der Waals surface area contributed by atoms with Crippen molar-refractivity contribution in [3.63, 3.8) is 0 Å². The quantitative estimate of drug-likeness (QED) is 0.812. The zero-order valence-electron chi connectivity index (χ0n) is 9.46. The van der Waals surface area contributed by atoms with Crippen LogP contribution in [-0.4, -0.2) is 24.4 Å². The molecule has 0 radical (unpaired) electrons. The molecule has 0 aliphatic rings. The molecule has 0 heterocycles. The van der Waals surface area contributed by atoms with Crippen LogP contribution >= 0.6 is 23.2 Å². The summed E-state index contributed by atoms with van der Waals surface area (Å²) in [5.74, 6) is 0.133. The number of amides is 1. The van der Waals surface area contributed by atoms with Crippen molar-refractivity contribution >= 4 is 29.1 Å². The van der Waals surface area contributed by atoms with E-state index in [-0.39, 0.29) is 5.91 Å². The first-order chi connectivity index (χ1) is 7.54. The molecule has 1 aromatic rings. The Hall–Kier alpha value is -0.730. The summed E-state index contributed by atoms with van der Waals surface area (Å²) in [5.41, 5.74) is 0.962. The molecular weight excluding hydrogens is 245 g/mol. The number of hydrogen-bond acceptors (Lipinski definition) is 1. The zero-order valence-corrected chi connectivity index (χ0v) is 11.0. The first kappa shape index (κ1) is 13.3. The zero-order chi connectivity index (χ0) is 12.1. The van der Waals surface area contributed by atoms with Gasteiger partial charge in [-0.25, -0.2) is 0 Å². The Kier molecular flexibility index (Phi) is 5.10. The van der Waals surface area contributed by atoms with E-state index >= 15 is 0 Å². The van der Waals surface area contributed by atoms with Gasteiger partial charge in [-0.2, -0.15) is 0 Å². The summed E-state index contributed by atoms with van der Waals surface area (Å²) in [6, 6.07) is 5.35. The number of halogens is 2. The van der Waals surface area contributed by atoms with E-state index in [1.54, 1.807) is 24.1 Å². The van der Waals surface area contributed by atoms with Gasteiger partial charge in [0.05, 0.1) is 0 Å². The third-order valence-electron chi connectivity index (χ3n) is 2.52. The van der Waals surface area contributed by atoms with E-state index in [1.807, 2.05) is 13.0 Å². The molecule has 0 bridgehead atoms. The number of benzene rings is 1. The van der Waals surface area contributed by atoms with E-state index in [0.29, 0.717) is 22.9 Å². The van der Waals surface area contributed by atoms with E-state index in [9.17, 15) is 4.79 Å². The Labute approximate surface area is 106 Å². The Morgan fingerprint density at radius 1 is 1.38 bits per heavy atom. The monoisotopic (exact) mass is 259 g/mol. The topological polar surface area (TPSA) is 20.3 Å². The highest BCUT2D eigenvalue weighted by atomic mass is 35.5. The number of hydrogen-bond donors (Lipinski definition) is 0. The van der Waals surface area contributed by atoms with Crippen molar-refractivity contribution in [1.29, 1.82) is 0 Å². The largest absolute Gasteiger partial charge is 0.346 e. The van der Waals surface area contributed by atoms with Gasteiger partial charge in [0.25, 0.3) is 0 Å². The van der Waals surface area contributed by atoms with Gasteiger partial charge >= 0.3 is 0 Å². The lowest BCUT2D eigenvalue weighted by Crippen LogP contribution is -2.26. The maximum atomic E-state index is 11.6. The van der Waals surface area contributed by atoms with Gasteiger partial charge in [-0.1, -0.05) is 29.3 Å². The average molecular weight is 260 g/mol. The third-order valence-corrected chi connectivity index (χ3v) is 3.11. The molecular formula is C12H15Cl2NO. The summed E-state index contributed by atoms with van der Waals surface area (Å²) in [6.45, 7) is 2.68. The van der Waals surface area contributed by atoms with Gasteiger partial charge in [-0.3, -0.25) is 4.79 Å². The van der Waals surface area contributed by atoms with Gasteiger partial charge in [0.15, 0.2) is 0 Å². The van der Waals surface area contributed by atoms with Crippen molar-refractivity contribution in [2.24, 2.45) is 0 Å². The predicted molar refractivity (Wildman–Crippen MR) is 68.1 cm³/mol. The highest BCUT2D eigenvalue weighted by molar-refractivity contribution is 6.35. The van der Waals surface area contributed by atoms with Gasteiger partial charge < -0.3 is 4.90 Å². The molecule has 0 atom stereocenters. The summed E-state index contributed by atoms with van der Waals surface area (Å²) < 4.78 is 0. The number of rotatable bonds is 4. The normalized spacial score (nSPS) is 10.2. The van der Waals surface area contributed by atoms with Gasteiger partial charge in [0.1, 0.15) is 0 Å². The second-order valence-electron chi connectivity index (χ2n) is 3.64. The maximum absolute atomic E-state index is 11.6. The highest BCUT2D eigenvalue weighted by Crippen LogP contribution is 2.22. The van der Waals surface area contributed by atoms with E-state index < -0.39 is 0 Å². The number of carbonyl (C=O) groups excluding carboxylic acids is 1. The Morgan fingerprint density at radius 2 is 2.06 bits per heavy atom. The fraction of sp³-hybridized carbons (Fsp3) is 0.417. The molecule has 1 amide bonds. The van der Waals surface area contributed by atoms with Crippen LogP contribution in [0.2, 0.25) is 10.0 Å². The van der Waals surface area contributed by atoms with Crippen molar-refractivity contribution in [3.8, 4) is 0 Å². The predicted octanol–water partition coefficient (Wildman–Crippen LogP) is 3.40. The summed E-state index contributed by atoms with van der Waals surface area (Å²) in [4.78, 5) is 13.3. The molecule has 0 unspecified atom stereocenters. The number of aryl methyl sites for hydroxylation is 1. The van der Waals surface area contributed by atoms with Gasteiger partial charge in [-0.05, 0) is 31.0 Å². The third kappa shape index (κ3) is 3.69. The van der Waals surface area contributed by atoms with Crippen LogP contribution in [-0.2, 0) is 11.2 Å². The van der Waals surface area contributed by atoms with Crippen LogP contribution in [0.4, 0.5) is 0 Å². The number of nitrogens with zero attached hydrogens (tertiary/aromatic N) is 1. The van der Waals surface area contributed by atoms with E-state index in [0.717, 1.165) is 12.1 Å². The van der Waals surface area contributed by atoms with Crippen molar-refractivity contribution in [1.82, 2.24) is 4.90 Å². The molecule has 2 nitrogen and oxygen atoms in total. The van der Waals surface area contributed by atoms with Gasteiger partial charge in [0.2, 0.25) is 5.91 Å². The van der Waals surface area contributed by atoms with Gasteiger partial charge in [-0.15, -0.1) is 0 Å². The molecule has 16 heavy (non-hydrogen) atoms. The molecule has 4 heteroatoms. The highest BCUT2D eigenvalue weighted by Gasteiger charge is 2.08. The average Bonchev–Trinajstić information content (AvgIpc) is 2.26. The minimum absolute atomic E-state index is 0.133. The standard InChI is InChI=1S/C12H15Cl2NO/c1-3-15(2)12(16)7-5-9-4-6-10(13)8-11(9)14/h4,6,8H,3,5,7H2,1-2H3. The van der Waals surface area contributed by atoms with Crippen molar-refractivity contribution < 1.29 is 4.79 Å². The van der Waals surface area contributed by atoms with Crippen LogP contribution in [0.25, 0.3) is 0 Å². The fourth-order valence-electron chi connectivity index (χ4n) is 1.33. The molecule has 0 aliphatic heterocycles. The first-order valence-electron chi connectivity index (χ1n) is 5.22. The SMILES string of the molecule is CCN(C)C(=O)CCc1ccc(Cl)cc1Cl. The Bertz CT molecular complexity index is 379.